The number of carbonyl (C=O) groups is 2. The molecule has 3 aromatic rings. The minimum atomic E-state index is -0.725. The van der Waals surface area contributed by atoms with Crippen LogP contribution in [0.5, 0.6) is 0 Å². The maximum Gasteiger partial charge on any atom is 0.246 e. The summed E-state index contributed by atoms with van der Waals surface area (Å²) in [5.74, 6) is -0.313. The number of nitrogens with zero attached hydrogens (tertiary/aromatic N) is 4. The first kappa shape index (κ1) is 20.5. The van der Waals surface area contributed by atoms with Gasteiger partial charge in [0.05, 0.1) is 6.54 Å². The van der Waals surface area contributed by atoms with E-state index >= 15 is 0 Å². The molecule has 0 radical (unpaired) electrons. The van der Waals surface area contributed by atoms with Gasteiger partial charge in [-0.3, -0.25) is 9.59 Å². The summed E-state index contributed by atoms with van der Waals surface area (Å²) >= 11 is 5.88. The topological polar surface area (TPSA) is 102 Å². The zero-order valence-electron chi connectivity index (χ0n) is 16.3. The molecule has 1 atom stereocenters. The predicted molar refractivity (Wildman–Crippen MR) is 111 cm³/mol. The van der Waals surface area contributed by atoms with Crippen molar-refractivity contribution >= 4 is 29.1 Å². The van der Waals surface area contributed by atoms with Crippen molar-refractivity contribution in [3.63, 3.8) is 0 Å². The molecule has 2 amide bonds. The highest BCUT2D eigenvalue weighted by molar-refractivity contribution is 6.30. The quantitative estimate of drug-likeness (QED) is 0.648. The number of tetrazole rings is 1. The van der Waals surface area contributed by atoms with E-state index in [0.717, 1.165) is 22.4 Å². The average molecular weight is 413 g/mol. The summed E-state index contributed by atoms with van der Waals surface area (Å²) in [7, 11) is 0. The number of carbonyl (C=O) groups excluding carboxylic acids is 2. The van der Waals surface area contributed by atoms with Crippen LogP contribution < -0.4 is 10.6 Å². The van der Waals surface area contributed by atoms with Crippen molar-refractivity contribution in [2.75, 3.05) is 11.9 Å². The van der Waals surface area contributed by atoms with Crippen LogP contribution in [-0.2, 0) is 9.59 Å². The lowest BCUT2D eigenvalue weighted by molar-refractivity contribution is -0.126. The third-order valence-electron chi connectivity index (χ3n) is 4.43. The van der Waals surface area contributed by atoms with Crippen LogP contribution in [0.2, 0.25) is 5.02 Å². The van der Waals surface area contributed by atoms with E-state index in [-0.39, 0.29) is 18.4 Å². The van der Waals surface area contributed by atoms with Crippen molar-refractivity contribution in [3.05, 3.63) is 58.6 Å². The van der Waals surface area contributed by atoms with Crippen molar-refractivity contribution in [2.24, 2.45) is 0 Å². The summed E-state index contributed by atoms with van der Waals surface area (Å²) in [5.41, 5.74) is 3.41. The highest BCUT2D eigenvalue weighted by atomic mass is 35.5. The van der Waals surface area contributed by atoms with E-state index in [0.29, 0.717) is 10.8 Å². The van der Waals surface area contributed by atoms with Crippen molar-refractivity contribution in [2.45, 2.75) is 26.8 Å². The summed E-state index contributed by atoms with van der Waals surface area (Å²) in [5, 5.41) is 18.2. The van der Waals surface area contributed by atoms with E-state index in [1.54, 1.807) is 31.2 Å². The molecule has 9 heteroatoms. The highest BCUT2D eigenvalue weighted by Gasteiger charge is 2.19. The van der Waals surface area contributed by atoms with Gasteiger partial charge in [-0.05, 0) is 61.4 Å². The maximum absolute atomic E-state index is 12.4. The van der Waals surface area contributed by atoms with Crippen LogP contribution in [0.4, 0.5) is 5.69 Å². The van der Waals surface area contributed by atoms with Crippen molar-refractivity contribution in [1.29, 1.82) is 0 Å². The lowest BCUT2D eigenvalue weighted by Gasteiger charge is -2.13. The maximum atomic E-state index is 12.4. The minimum absolute atomic E-state index is 0.157. The van der Waals surface area contributed by atoms with Crippen LogP contribution in [0.25, 0.3) is 11.4 Å². The van der Waals surface area contributed by atoms with Crippen LogP contribution in [0.3, 0.4) is 0 Å². The van der Waals surface area contributed by atoms with E-state index in [2.05, 4.69) is 26.0 Å². The molecule has 8 nitrogen and oxygen atoms in total. The molecule has 2 aromatic carbocycles. The molecule has 0 aliphatic carbocycles. The lowest BCUT2D eigenvalue weighted by Crippen LogP contribution is -2.37. The van der Waals surface area contributed by atoms with Gasteiger partial charge in [0, 0.05) is 16.3 Å². The van der Waals surface area contributed by atoms with Crippen LogP contribution in [0.15, 0.2) is 42.5 Å². The highest BCUT2D eigenvalue weighted by Crippen LogP contribution is 2.19. The molecular weight excluding hydrogens is 392 g/mol. The summed E-state index contributed by atoms with van der Waals surface area (Å²) < 4.78 is 0. The summed E-state index contributed by atoms with van der Waals surface area (Å²) in [6.07, 6.45) is 0. The minimum Gasteiger partial charge on any atom is -0.345 e. The van der Waals surface area contributed by atoms with Crippen LogP contribution >= 0.6 is 11.6 Å². The zero-order valence-corrected chi connectivity index (χ0v) is 17.1. The number of halogens is 1. The molecule has 0 saturated heterocycles. The van der Waals surface area contributed by atoms with E-state index in [1.807, 2.05) is 32.0 Å². The second kappa shape index (κ2) is 8.83. The van der Waals surface area contributed by atoms with Crippen LogP contribution in [0, 0.1) is 13.8 Å². The molecule has 0 saturated carbocycles. The van der Waals surface area contributed by atoms with Gasteiger partial charge in [-0.25, -0.2) is 0 Å². The first-order chi connectivity index (χ1) is 13.8. The third-order valence-corrected chi connectivity index (χ3v) is 4.68. The lowest BCUT2D eigenvalue weighted by atomic mass is 10.1. The van der Waals surface area contributed by atoms with Gasteiger partial charge >= 0.3 is 0 Å². The molecule has 0 spiro atoms. The number of aromatic nitrogens is 4. The number of rotatable bonds is 6. The van der Waals surface area contributed by atoms with Gasteiger partial charge in [-0.1, -0.05) is 29.8 Å². The largest absolute Gasteiger partial charge is 0.345 e. The van der Waals surface area contributed by atoms with Gasteiger partial charge < -0.3 is 10.6 Å². The predicted octanol–water partition coefficient (Wildman–Crippen LogP) is 2.93. The zero-order chi connectivity index (χ0) is 21.0. The standard InChI is InChI=1S/C20H21ClN6O2/c1-12-5-4-6-13(2)18(12)23-17(28)11-22-20(29)14(3)27-25-19(24-26-27)15-7-9-16(21)10-8-15/h4-10,14H,11H2,1-3H3,(H,22,29)(H,23,28). The number of aryl methyl sites for hydroxylation is 2. The number of hydrogen-bond acceptors (Lipinski definition) is 5. The van der Waals surface area contributed by atoms with Crippen LogP contribution in [-0.4, -0.2) is 38.6 Å². The number of amides is 2. The van der Waals surface area contributed by atoms with Crippen molar-refractivity contribution < 1.29 is 9.59 Å². The van der Waals surface area contributed by atoms with Crippen molar-refractivity contribution in [1.82, 2.24) is 25.5 Å². The van der Waals surface area contributed by atoms with Crippen LogP contribution in [0.1, 0.15) is 24.1 Å². The first-order valence-corrected chi connectivity index (χ1v) is 9.42. The summed E-state index contributed by atoms with van der Waals surface area (Å²) in [6, 6.07) is 12.0. The molecule has 0 aliphatic rings. The normalized spacial score (nSPS) is 11.7. The molecule has 0 bridgehead atoms. The van der Waals surface area contributed by atoms with Gasteiger partial charge in [-0.2, -0.15) is 4.80 Å². The molecule has 3 rings (SSSR count). The smallest absolute Gasteiger partial charge is 0.246 e. The monoisotopic (exact) mass is 412 g/mol. The molecular formula is C20H21ClN6O2. The van der Waals surface area contributed by atoms with Gasteiger partial charge in [0.2, 0.25) is 17.6 Å². The molecule has 1 heterocycles. The second-order valence-electron chi connectivity index (χ2n) is 6.65. The Morgan fingerprint density at radius 2 is 1.76 bits per heavy atom. The SMILES string of the molecule is Cc1cccc(C)c1NC(=O)CNC(=O)C(C)n1nnc(-c2ccc(Cl)cc2)n1. The fourth-order valence-electron chi connectivity index (χ4n) is 2.72. The number of nitrogens with one attached hydrogen (secondary N) is 2. The fraction of sp³-hybridized carbons (Fsp3) is 0.250. The van der Waals surface area contributed by atoms with E-state index in [9.17, 15) is 9.59 Å². The Morgan fingerprint density at radius 3 is 2.41 bits per heavy atom. The van der Waals surface area contributed by atoms with Gasteiger partial charge in [0.1, 0.15) is 6.04 Å². The van der Waals surface area contributed by atoms with E-state index < -0.39 is 6.04 Å². The Hall–Kier alpha value is -3.26. The average Bonchev–Trinajstić information content (AvgIpc) is 3.19. The molecule has 150 valence electrons. The van der Waals surface area contributed by atoms with E-state index in [4.69, 9.17) is 11.6 Å². The number of benzene rings is 2. The number of para-hydroxylation sites is 1. The Kier molecular flexibility index (Phi) is 6.23. The number of hydrogen-bond donors (Lipinski definition) is 2. The van der Waals surface area contributed by atoms with Gasteiger partial charge in [0.25, 0.3) is 0 Å². The Balaban J connectivity index is 1.58. The molecule has 1 unspecified atom stereocenters. The Bertz CT molecular complexity index is 1010. The number of anilines is 1. The van der Waals surface area contributed by atoms with E-state index in [1.165, 1.54) is 4.80 Å². The molecule has 0 aliphatic heterocycles. The Morgan fingerprint density at radius 1 is 1.10 bits per heavy atom. The third kappa shape index (κ3) is 4.97. The fourth-order valence-corrected chi connectivity index (χ4v) is 2.84. The molecule has 0 fully saturated rings. The van der Waals surface area contributed by atoms with Gasteiger partial charge in [0.15, 0.2) is 0 Å². The molecule has 29 heavy (non-hydrogen) atoms. The summed E-state index contributed by atoms with van der Waals surface area (Å²) in [6.45, 7) is 5.30. The molecule has 2 N–H and O–H groups in total. The van der Waals surface area contributed by atoms with Crippen molar-refractivity contribution in [3.8, 4) is 11.4 Å². The second-order valence-corrected chi connectivity index (χ2v) is 7.09. The Labute approximate surface area is 173 Å². The van der Waals surface area contributed by atoms with Gasteiger partial charge in [-0.15, -0.1) is 10.2 Å². The molecule has 1 aromatic heterocycles. The first-order valence-electron chi connectivity index (χ1n) is 9.04. The summed E-state index contributed by atoms with van der Waals surface area (Å²) in [4.78, 5) is 25.8.